The van der Waals surface area contributed by atoms with Crippen LogP contribution in [0.5, 0.6) is 0 Å². The number of halogens is 3. The van der Waals surface area contributed by atoms with Gasteiger partial charge in [-0.3, -0.25) is 4.98 Å². The third kappa shape index (κ3) is 3.11. The molecule has 1 N–H and O–H groups in total. The van der Waals surface area contributed by atoms with Crippen LogP contribution in [0.1, 0.15) is 17.2 Å². The second-order valence-electron chi connectivity index (χ2n) is 3.90. The molecule has 0 fully saturated rings. The average Bonchev–Trinajstić information content (AvgIpc) is 2.34. The van der Waals surface area contributed by atoms with Crippen LogP contribution in [-0.2, 0) is 6.42 Å². The third-order valence-electron chi connectivity index (χ3n) is 2.52. The van der Waals surface area contributed by atoms with E-state index in [2.05, 4.69) is 20.9 Å². The molecule has 0 radical (unpaired) electrons. The van der Waals surface area contributed by atoms with Crippen molar-refractivity contribution in [3.8, 4) is 0 Å². The molecule has 2 rings (SSSR count). The summed E-state index contributed by atoms with van der Waals surface area (Å²) in [5.74, 6) is -0.854. The molecule has 2 aromatic rings. The summed E-state index contributed by atoms with van der Waals surface area (Å²) in [7, 11) is 0. The number of pyridine rings is 1. The van der Waals surface area contributed by atoms with Crippen molar-refractivity contribution < 1.29 is 13.9 Å². The van der Waals surface area contributed by atoms with E-state index >= 15 is 0 Å². The number of aliphatic hydroxyl groups excluding tert-OH is 1. The van der Waals surface area contributed by atoms with Crippen molar-refractivity contribution in [3.63, 3.8) is 0 Å². The molecular weight excluding hydrogens is 304 g/mol. The fourth-order valence-electron chi connectivity index (χ4n) is 1.62. The molecule has 1 heterocycles. The number of aliphatic hydroxyl groups is 1. The van der Waals surface area contributed by atoms with E-state index in [-0.39, 0.29) is 12.2 Å². The molecule has 18 heavy (non-hydrogen) atoms. The van der Waals surface area contributed by atoms with E-state index in [1.807, 2.05) is 0 Å². The molecule has 1 aromatic carbocycles. The molecule has 0 bridgehead atoms. The van der Waals surface area contributed by atoms with Gasteiger partial charge in [0.05, 0.1) is 16.8 Å². The Morgan fingerprint density at radius 3 is 2.67 bits per heavy atom. The SMILES string of the molecule is OC(Cc1ccc(F)c(Br)c1)c1cncc(F)c1. The minimum Gasteiger partial charge on any atom is -0.388 e. The molecule has 0 saturated heterocycles. The van der Waals surface area contributed by atoms with Crippen LogP contribution >= 0.6 is 15.9 Å². The van der Waals surface area contributed by atoms with Gasteiger partial charge >= 0.3 is 0 Å². The van der Waals surface area contributed by atoms with Gasteiger partial charge < -0.3 is 5.11 Å². The zero-order valence-corrected chi connectivity index (χ0v) is 10.9. The first-order valence-corrected chi connectivity index (χ1v) is 6.08. The van der Waals surface area contributed by atoms with Crippen LogP contribution in [0.15, 0.2) is 41.1 Å². The van der Waals surface area contributed by atoms with Gasteiger partial charge in [0.2, 0.25) is 0 Å². The Hall–Kier alpha value is -1.33. The van der Waals surface area contributed by atoms with Gasteiger partial charge in [0.1, 0.15) is 11.6 Å². The smallest absolute Gasteiger partial charge is 0.141 e. The lowest BCUT2D eigenvalue weighted by Gasteiger charge is -2.11. The van der Waals surface area contributed by atoms with Gasteiger partial charge in [-0.1, -0.05) is 6.07 Å². The monoisotopic (exact) mass is 313 g/mol. The molecular formula is C13H10BrF2NO. The molecule has 94 valence electrons. The highest BCUT2D eigenvalue weighted by Crippen LogP contribution is 2.22. The molecule has 1 aromatic heterocycles. The molecule has 0 saturated carbocycles. The van der Waals surface area contributed by atoms with Gasteiger partial charge in [0, 0.05) is 18.2 Å². The van der Waals surface area contributed by atoms with E-state index in [0.717, 1.165) is 11.8 Å². The summed E-state index contributed by atoms with van der Waals surface area (Å²) in [4.78, 5) is 3.67. The topological polar surface area (TPSA) is 33.1 Å². The lowest BCUT2D eigenvalue weighted by Crippen LogP contribution is -2.03. The van der Waals surface area contributed by atoms with E-state index in [1.54, 1.807) is 12.1 Å². The van der Waals surface area contributed by atoms with Crippen LogP contribution < -0.4 is 0 Å². The Morgan fingerprint density at radius 1 is 1.22 bits per heavy atom. The van der Waals surface area contributed by atoms with Crippen LogP contribution in [0.25, 0.3) is 0 Å². The first kappa shape index (κ1) is 13.1. The highest BCUT2D eigenvalue weighted by atomic mass is 79.9. The highest BCUT2D eigenvalue weighted by Gasteiger charge is 2.11. The van der Waals surface area contributed by atoms with Crippen LogP contribution in [0.3, 0.4) is 0 Å². The molecule has 2 nitrogen and oxygen atoms in total. The fourth-order valence-corrected chi connectivity index (χ4v) is 2.04. The summed E-state index contributed by atoms with van der Waals surface area (Å²) in [6.07, 6.45) is 1.88. The van der Waals surface area contributed by atoms with Crippen molar-refractivity contribution in [3.05, 3.63) is 63.9 Å². The van der Waals surface area contributed by atoms with Gasteiger partial charge in [-0.2, -0.15) is 0 Å². The van der Waals surface area contributed by atoms with Gasteiger partial charge in [0.15, 0.2) is 0 Å². The highest BCUT2D eigenvalue weighted by molar-refractivity contribution is 9.10. The maximum absolute atomic E-state index is 13.0. The van der Waals surface area contributed by atoms with Gasteiger partial charge in [-0.05, 0) is 39.7 Å². The van der Waals surface area contributed by atoms with E-state index in [0.29, 0.717) is 10.0 Å². The normalized spacial score (nSPS) is 12.4. The zero-order chi connectivity index (χ0) is 13.1. The predicted molar refractivity (Wildman–Crippen MR) is 67.0 cm³/mol. The van der Waals surface area contributed by atoms with Crippen molar-refractivity contribution in [1.82, 2.24) is 4.98 Å². The van der Waals surface area contributed by atoms with Crippen LogP contribution in [-0.4, -0.2) is 10.1 Å². The molecule has 1 atom stereocenters. The van der Waals surface area contributed by atoms with Gasteiger partial charge in [0.25, 0.3) is 0 Å². The third-order valence-corrected chi connectivity index (χ3v) is 3.13. The molecule has 0 aliphatic rings. The fraction of sp³-hybridized carbons (Fsp3) is 0.154. The van der Waals surface area contributed by atoms with Gasteiger partial charge in [-0.25, -0.2) is 8.78 Å². The minimum absolute atomic E-state index is 0.268. The summed E-state index contributed by atoms with van der Waals surface area (Å²) in [6, 6.07) is 5.72. The number of rotatable bonds is 3. The number of nitrogens with zero attached hydrogens (tertiary/aromatic N) is 1. The number of aromatic nitrogens is 1. The standard InChI is InChI=1S/C13H10BrF2NO/c14-11-3-8(1-2-12(11)16)4-13(18)9-5-10(15)7-17-6-9/h1-3,5-7,13,18H,4H2. The van der Waals surface area contributed by atoms with Crippen molar-refractivity contribution in [1.29, 1.82) is 0 Å². The van der Waals surface area contributed by atoms with E-state index < -0.39 is 11.9 Å². The van der Waals surface area contributed by atoms with Crippen molar-refractivity contribution in [2.24, 2.45) is 0 Å². The van der Waals surface area contributed by atoms with Gasteiger partial charge in [-0.15, -0.1) is 0 Å². The largest absolute Gasteiger partial charge is 0.388 e. The Balaban J connectivity index is 2.16. The Labute approximate surface area is 111 Å². The molecule has 0 amide bonds. The molecule has 5 heteroatoms. The average molecular weight is 314 g/mol. The van der Waals surface area contributed by atoms with Crippen LogP contribution in [0.2, 0.25) is 0 Å². The lowest BCUT2D eigenvalue weighted by molar-refractivity contribution is 0.177. The second kappa shape index (κ2) is 5.54. The minimum atomic E-state index is -0.870. The first-order chi connectivity index (χ1) is 8.56. The van der Waals surface area contributed by atoms with E-state index in [1.165, 1.54) is 18.3 Å². The maximum atomic E-state index is 13.0. The summed E-state index contributed by atoms with van der Waals surface area (Å²) in [5.41, 5.74) is 1.15. The van der Waals surface area contributed by atoms with E-state index in [4.69, 9.17) is 0 Å². The van der Waals surface area contributed by atoms with Crippen LogP contribution in [0.4, 0.5) is 8.78 Å². The number of benzene rings is 1. The Morgan fingerprint density at radius 2 is 2.00 bits per heavy atom. The quantitative estimate of drug-likeness (QED) is 0.942. The van der Waals surface area contributed by atoms with Crippen molar-refractivity contribution in [2.45, 2.75) is 12.5 Å². The van der Waals surface area contributed by atoms with Crippen molar-refractivity contribution >= 4 is 15.9 Å². The Bertz CT molecular complexity index is 562. The molecule has 0 spiro atoms. The lowest BCUT2D eigenvalue weighted by atomic mass is 10.0. The second-order valence-corrected chi connectivity index (χ2v) is 4.76. The van der Waals surface area contributed by atoms with Crippen LogP contribution in [0, 0.1) is 11.6 Å². The zero-order valence-electron chi connectivity index (χ0n) is 9.28. The molecule has 1 unspecified atom stereocenters. The number of hydrogen-bond acceptors (Lipinski definition) is 2. The Kier molecular flexibility index (Phi) is 4.04. The first-order valence-electron chi connectivity index (χ1n) is 5.28. The van der Waals surface area contributed by atoms with E-state index in [9.17, 15) is 13.9 Å². The summed E-state index contributed by atoms with van der Waals surface area (Å²) >= 11 is 3.07. The summed E-state index contributed by atoms with van der Waals surface area (Å²) in [6.45, 7) is 0. The van der Waals surface area contributed by atoms with Crippen molar-refractivity contribution in [2.75, 3.05) is 0 Å². The summed E-state index contributed by atoms with van der Waals surface area (Å²) in [5, 5.41) is 9.94. The number of hydrogen-bond donors (Lipinski definition) is 1. The molecule has 0 aliphatic heterocycles. The summed E-state index contributed by atoms with van der Waals surface area (Å²) < 4.78 is 26.3. The maximum Gasteiger partial charge on any atom is 0.141 e. The predicted octanol–water partition coefficient (Wildman–Crippen LogP) is 3.40. The molecule has 0 aliphatic carbocycles.